The van der Waals surface area contributed by atoms with Gasteiger partial charge in [-0.15, -0.1) is 0 Å². The highest BCUT2D eigenvalue weighted by atomic mass is 32.2. The minimum absolute atomic E-state index is 0.0648. The van der Waals surface area contributed by atoms with Crippen LogP contribution in [0.2, 0.25) is 0 Å². The van der Waals surface area contributed by atoms with Gasteiger partial charge in [-0.05, 0) is 31.0 Å². The van der Waals surface area contributed by atoms with Gasteiger partial charge >= 0.3 is 0 Å². The molecular formula is C16H25N3OS. The van der Waals surface area contributed by atoms with Gasteiger partial charge in [0.05, 0.1) is 0 Å². The van der Waals surface area contributed by atoms with E-state index < -0.39 is 0 Å². The Balaban J connectivity index is 1.81. The third-order valence-corrected chi connectivity index (χ3v) is 5.36. The molecule has 0 radical (unpaired) electrons. The van der Waals surface area contributed by atoms with Crippen LogP contribution in [-0.2, 0) is 4.79 Å². The Morgan fingerprint density at radius 1 is 1.52 bits per heavy atom. The molecule has 1 heterocycles. The van der Waals surface area contributed by atoms with Crippen molar-refractivity contribution in [3.63, 3.8) is 0 Å². The van der Waals surface area contributed by atoms with Crippen molar-refractivity contribution in [2.24, 2.45) is 0 Å². The Morgan fingerprint density at radius 2 is 2.33 bits per heavy atom. The summed E-state index contributed by atoms with van der Waals surface area (Å²) in [4.78, 5) is 14.5. The van der Waals surface area contributed by atoms with E-state index in [4.69, 9.17) is 5.73 Å². The zero-order valence-corrected chi connectivity index (χ0v) is 13.7. The second kappa shape index (κ2) is 7.71. The normalized spacial score (nSPS) is 19.4. The van der Waals surface area contributed by atoms with Crippen LogP contribution in [-0.4, -0.2) is 41.4 Å². The number of carbonyl (C=O) groups is 1. The van der Waals surface area contributed by atoms with Gasteiger partial charge in [0.15, 0.2) is 0 Å². The number of nitrogens with one attached hydrogen (secondary N) is 1. The van der Waals surface area contributed by atoms with E-state index in [-0.39, 0.29) is 5.91 Å². The van der Waals surface area contributed by atoms with E-state index in [1.54, 1.807) is 0 Å². The molecule has 21 heavy (non-hydrogen) atoms. The van der Waals surface area contributed by atoms with Crippen molar-refractivity contribution < 1.29 is 4.79 Å². The standard InChI is InChI=1S/C16H25N3OS/c1-3-13-11-19(9-10-21-13)8-7-16(20)18-15-6-4-5-14(17)12(15)2/h4-6,13H,3,7-11,17H2,1-2H3,(H,18,20). The van der Waals surface area contributed by atoms with E-state index in [2.05, 4.69) is 28.9 Å². The topological polar surface area (TPSA) is 58.4 Å². The number of nitrogens with zero attached hydrogens (tertiary/aromatic N) is 1. The average Bonchev–Trinajstić information content (AvgIpc) is 2.50. The fraction of sp³-hybridized carbons (Fsp3) is 0.562. The second-order valence-electron chi connectivity index (χ2n) is 5.52. The van der Waals surface area contributed by atoms with Crippen molar-refractivity contribution in [1.82, 2.24) is 4.90 Å². The molecule has 1 aliphatic heterocycles. The van der Waals surface area contributed by atoms with E-state index in [1.165, 1.54) is 12.2 Å². The van der Waals surface area contributed by atoms with Gasteiger partial charge in [0.2, 0.25) is 5.91 Å². The number of rotatable bonds is 5. The zero-order chi connectivity index (χ0) is 15.2. The van der Waals surface area contributed by atoms with E-state index in [0.717, 1.165) is 36.1 Å². The summed E-state index contributed by atoms with van der Waals surface area (Å²) in [5, 5.41) is 3.69. The Bertz CT molecular complexity index is 492. The Hall–Kier alpha value is -1.20. The van der Waals surface area contributed by atoms with Crippen LogP contribution in [0.3, 0.4) is 0 Å². The first-order chi connectivity index (χ1) is 10.1. The molecule has 1 atom stereocenters. The van der Waals surface area contributed by atoms with Gasteiger partial charge in [-0.1, -0.05) is 13.0 Å². The van der Waals surface area contributed by atoms with Gasteiger partial charge in [-0.25, -0.2) is 0 Å². The molecule has 1 saturated heterocycles. The molecule has 1 aromatic rings. The predicted molar refractivity (Wildman–Crippen MR) is 91.8 cm³/mol. The minimum atomic E-state index is 0.0648. The van der Waals surface area contributed by atoms with Crippen molar-refractivity contribution in [2.75, 3.05) is 36.4 Å². The lowest BCUT2D eigenvalue weighted by atomic mass is 10.1. The van der Waals surface area contributed by atoms with Gasteiger partial charge in [0.1, 0.15) is 0 Å². The molecule has 1 unspecified atom stereocenters. The molecular weight excluding hydrogens is 282 g/mol. The molecule has 1 aromatic carbocycles. The van der Waals surface area contributed by atoms with Gasteiger partial charge in [0, 0.05) is 48.4 Å². The van der Waals surface area contributed by atoms with Crippen molar-refractivity contribution >= 4 is 29.0 Å². The molecule has 1 aliphatic rings. The highest BCUT2D eigenvalue weighted by Crippen LogP contribution is 2.22. The Morgan fingerprint density at radius 3 is 3.10 bits per heavy atom. The van der Waals surface area contributed by atoms with E-state index in [1.807, 2.05) is 25.1 Å². The fourth-order valence-corrected chi connectivity index (χ4v) is 3.74. The number of anilines is 2. The molecule has 0 bridgehead atoms. The summed E-state index contributed by atoms with van der Waals surface area (Å²) in [5.41, 5.74) is 8.33. The average molecular weight is 307 g/mol. The number of benzene rings is 1. The number of nitrogen functional groups attached to an aromatic ring is 1. The van der Waals surface area contributed by atoms with Gasteiger partial charge in [-0.3, -0.25) is 4.79 Å². The SMILES string of the molecule is CCC1CN(CCC(=O)Nc2cccc(N)c2C)CCS1. The Kier molecular flexibility index (Phi) is 5.94. The lowest BCUT2D eigenvalue weighted by Crippen LogP contribution is -2.39. The van der Waals surface area contributed by atoms with Crippen molar-refractivity contribution in [3.8, 4) is 0 Å². The highest BCUT2D eigenvalue weighted by molar-refractivity contribution is 8.00. The fourth-order valence-electron chi connectivity index (χ4n) is 2.49. The molecule has 1 fully saturated rings. The molecule has 4 nitrogen and oxygen atoms in total. The van der Waals surface area contributed by atoms with E-state index in [9.17, 15) is 4.79 Å². The van der Waals surface area contributed by atoms with E-state index in [0.29, 0.717) is 12.1 Å². The van der Waals surface area contributed by atoms with Crippen LogP contribution in [0.1, 0.15) is 25.3 Å². The van der Waals surface area contributed by atoms with Crippen LogP contribution in [0.25, 0.3) is 0 Å². The summed E-state index contributed by atoms with van der Waals surface area (Å²) in [7, 11) is 0. The van der Waals surface area contributed by atoms with Crippen LogP contribution in [0, 0.1) is 6.92 Å². The zero-order valence-electron chi connectivity index (χ0n) is 12.9. The van der Waals surface area contributed by atoms with E-state index >= 15 is 0 Å². The molecule has 0 aromatic heterocycles. The van der Waals surface area contributed by atoms with Crippen molar-refractivity contribution in [3.05, 3.63) is 23.8 Å². The minimum Gasteiger partial charge on any atom is -0.398 e. The maximum atomic E-state index is 12.1. The van der Waals surface area contributed by atoms with Crippen LogP contribution < -0.4 is 11.1 Å². The van der Waals surface area contributed by atoms with Crippen LogP contribution in [0.15, 0.2) is 18.2 Å². The molecule has 3 N–H and O–H groups in total. The monoisotopic (exact) mass is 307 g/mol. The first kappa shape index (κ1) is 16.2. The highest BCUT2D eigenvalue weighted by Gasteiger charge is 2.19. The third-order valence-electron chi connectivity index (χ3n) is 3.98. The number of hydrogen-bond donors (Lipinski definition) is 2. The number of carbonyl (C=O) groups excluding carboxylic acids is 1. The van der Waals surface area contributed by atoms with Gasteiger partial charge in [0.25, 0.3) is 0 Å². The largest absolute Gasteiger partial charge is 0.398 e. The first-order valence-electron chi connectivity index (χ1n) is 7.59. The Labute approximate surface area is 131 Å². The predicted octanol–water partition coefficient (Wildman–Crippen LogP) is 2.73. The lowest BCUT2D eigenvalue weighted by molar-refractivity contribution is -0.116. The van der Waals surface area contributed by atoms with Crippen molar-refractivity contribution in [2.45, 2.75) is 31.9 Å². The summed E-state index contributed by atoms with van der Waals surface area (Å²) in [6, 6.07) is 5.61. The summed E-state index contributed by atoms with van der Waals surface area (Å²) in [6.07, 6.45) is 1.74. The molecule has 0 spiro atoms. The maximum Gasteiger partial charge on any atom is 0.225 e. The molecule has 0 saturated carbocycles. The molecule has 1 amide bonds. The summed E-state index contributed by atoms with van der Waals surface area (Å²) in [5.74, 6) is 1.24. The molecule has 116 valence electrons. The smallest absolute Gasteiger partial charge is 0.225 e. The summed E-state index contributed by atoms with van der Waals surface area (Å²) in [6.45, 7) is 7.19. The molecule has 2 rings (SSSR count). The molecule has 5 heteroatoms. The third kappa shape index (κ3) is 4.64. The number of thioether (sulfide) groups is 1. The summed E-state index contributed by atoms with van der Waals surface area (Å²) < 4.78 is 0. The maximum absolute atomic E-state index is 12.1. The molecule has 0 aliphatic carbocycles. The summed E-state index contributed by atoms with van der Waals surface area (Å²) >= 11 is 2.05. The number of amides is 1. The quantitative estimate of drug-likeness (QED) is 0.821. The van der Waals surface area contributed by atoms with Crippen LogP contribution in [0.4, 0.5) is 11.4 Å². The van der Waals surface area contributed by atoms with Crippen LogP contribution >= 0.6 is 11.8 Å². The first-order valence-corrected chi connectivity index (χ1v) is 8.64. The van der Waals surface area contributed by atoms with Gasteiger partial charge in [-0.2, -0.15) is 11.8 Å². The lowest BCUT2D eigenvalue weighted by Gasteiger charge is -2.31. The van der Waals surface area contributed by atoms with Crippen molar-refractivity contribution in [1.29, 1.82) is 0 Å². The second-order valence-corrected chi connectivity index (χ2v) is 6.93. The van der Waals surface area contributed by atoms with Crippen LogP contribution in [0.5, 0.6) is 0 Å². The number of hydrogen-bond acceptors (Lipinski definition) is 4. The van der Waals surface area contributed by atoms with Gasteiger partial charge < -0.3 is 16.0 Å². The number of nitrogens with two attached hydrogens (primary N) is 1.